The van der Waals surface area contributed by atoms with Crippen LogP contribution in [0, 0.1) is 13.8 Å². The lowest BCUT2D eigenvalue weighted by Gasteiger charge is -2.16. The molecular weight excluding hydrogens is 220 g/mol. The highest BCUT2D eigenvalue weighted by molar-refractivity contribution is 7.98. The van der Waals surface area contributed by atoms with Crippen molar-refractivity contribution >= 4 is 17.7 Å². The van der Waals surface area contributed by atoms with Crippen LogP contribution in [-0.2, 0) is 10.2 Å². The largest absolute Gasteiger partial charge is 0.481 e. The van der Waals surface area contributed by atoms with E-state index in [1.54, 1.807) is 11.8 Å². The Morgan fingerprint density at radius 3 is 2.31 bits per heavy atom. The molecule has 0 aromatic heterocycles. The molecule has 1 aliphatic rings. The monoisotopic (exact) mass is 236 g/mol. The van der Waals surface area contributed by atoms with Gasteiger partial charge in [-0.25, -0.2) is 0 Å². The summed E-state index contributed by atoms with van der Waals surface area (Å²) in [5.41, 5.74) is 2.83. The first-order chi connectivity index (χ1) is 7.51. The second-order valence-corrected chi connectivity index (χ2v) is 5.37. The Labute approximate surface area is 100 Å². The van der Waals surface area contributed by atoms with Crippen LogP contribution < -0.4 is 0 Å². The Bertz CT molecular complexity index is 447. The fourth-order valence-corrected chi connectivity index (χ4v) is 2.82. The molecule has 0 saturated heterocycles. The maximum Gasteiger partial charge on any atom is 0.314 e. The minimum absolute atomic E-state index is 0.587. The zero-order valence-corrected chi connectivity index (χ0v) is 10.6. The van der Waals surface area contributed by atoms with Gasteiger partial charge in [-0.15, -0.1) is 11.8 Å². The lowest BCUT2D eigenvalue weighted by Crippen LogP contribution is -2.20. The zero-order valence-electron chi connectivity index (χ0n) is 9.83. The standard InChI is InChI=1S/C13H16O2S/c1-8-6-10(11(16-3)7-9(8)2)13(4-5-13)12(14)15/h6-7H,4-5H2,1-3H3,(H,14,15). The topological polar surface area (TPSA) is 37.3 Å². The van der Waals surface area contributed by atoms with Gasteiger partial charge < -0.3 is 5.11 Å². The summed E-state index contributed by atoms with van der Waals surface area (Å²) < 4.78 is 0. The quantitative estimate of drug-likeness (QED) is 0.819. The van der Waals surface area contributed by atoms with Gasteiger partial charge in [-0.3, -0.25) is 4.79 Å². The summed E-state index contributed by atoms with van der Waals surface area (Å²) in [6.07, 6.45) is 3.56. The average Bonchev–Trinajstić information content (AvgIpc) is 3.02. The molecule has 1 aromatic carbocycles. The van der Waals surface area contributed by atoms with E-state index in [0.29, 0.717) is 0 Å². The van der Waals surface area contributed by atoms with Gasteiger partial charge in [0.1, 0.15) is 0 Å². The van der Waals surface area contributed by atoms with Crippen molar-refractivity contribution in [1.82, 2.24) is 0 Å². The second kappa shape index (κ2) is 3.81. The first-order valence-electron chi connectivity index (χ1n) is 5.40. The van der Waals surface area contributed by atoms with Crippen LogP contribution in [0.4, 0.5) is 0 Å². The van der Waals surface area contributed by atoms with Crippen molar-refractivity contribution in [1.29, 1.82) is 0 Å². The molecule has 2 nitrogen and oxygen atoms in total. The third-order valence-electron chi connectivity index (χ3n) is 3.49. The molecule has 86 valence electrons. The van der Waals surface area contributed by atoms with Gasteiger partial charge in [0.2, 0.25) is 0 Å². The van der Waals surface area contributed by atoms with Crippen molar-refractivity contribution < 1.29 is 9.90 Å². The van der Waals surface area contributed by atoms with Crippen LogP contribution in [0.15, 0.2) is 17.0 Å². The molecule has 0 radical (unpaired) electrons. The first-order valence-corrected chi connectivity index (χ1v) is 6.63. The van der Waals surface area contributed by atoms with E-state index >= 15 is 0 Å². The Balaban J connectivity index is 2.56. The lowest BCUT2D eigenvalue weighted by atomic mass is 9.93. The normalized spacial score (nSPS) is 17.2. The van der Waals surface area contributed by atoms with Crippen LogP contribution in [0.1, 0.15) is 29.5 Å². The predicted molar refractivity (Wildman–Crippen MR) is 66.2 cm³/mol. The van der Waals surface area contributed by atoms with Crippen molar-refractivity contribution in [3.63, 3.8) is 0 Å². The Morgan fingerprint density at radius 1 is 1.31 bits per heavy atom. The van der Waals surface area contributed by atoms with Gasteiger partial charge in [0.25, 0.3) is 0 Å². The van der Waals surface area contributed by atoms with E-state index < -0.39 is 11.4 Å². The molecule has 0 spiro atoms. The van der Waals surface area contributed by atoms with Crippen molar-refractivity contribution in [2.24, 2.45) is 0 Å². The third kappa shape index (κ3) is 1.63. The van der Waals surface area contributed by atoms with E-state index in [-0.39, 0.29) is 0 Å². The summed E-state index contributed by atoms with van der Waals surface area (Å²) >= 11 is 1.64. The fourth-order valence-electron chi connectivity index (χ4n) is 2.06. The van der Waals surface area contributed by atoms with Crippen LogP contribution >= 0.6 is 11.8 Å². The maximum atomic E-state index is 11.3. The minimum Gasteiger partial charge on any atom is -0.481 e. The zero-order chi connectivity index (χ0) is 11.9. The molecule has 0 heterocycles. The molecule has 1 N–H and O–H groups in total. The van der Waals surface area contributed by atoms with Crippen LogP contribution in [0.3, 0.4) is 0 Å². The number of hydrogen-bond donors (Lipinski definition) is 1. The molecule has 3 heteroatoms. The molecule has 1 aromatic rings. The van der Waals surface area contributed by atoms with Gasteiger partial charge in [0.15, 0.2) is 0 Å². The molecule has 0 bridgehead atoms. The minimum atomic E-state index is -0.675. The van der Waals surface area contributed by atoms with Gasteiger partial charge in [-0.1, -0.05) is 6.07 Å². The summed E-state index contributed by atoms with van der Waals surface area (Å²) in [5.74, 6) is -0.675. The number of benzene rings is 1. The van der Waals surface area contributed by atoms with Crippen molar-refractivity contribution in [3.8, 4) is 0 Å². The van der Waals surface area contributed by atoms with Gasteiger partial charge >= 0.3 is 5.97 Å². The van der Waals surface area contributed by atoms with Crippen LogP contribution in [0.2, 0.25) is 0 Å². The number of rotatable bonds is 3. The van der Waals surface area contributed by atoms with Crippen molar-refractivity contribution in [2.45, 2.75) is 37.0 Å². The molecule has 1 saturated carbocycles. The molecule has 0 atom stereocenters. The molecule has 1 fully saturated rings. The van der Waals surface area contributed by atoms with Crippen molar-refractivity contribution in [2.75, 3.05) is 6.26 Å². The van der Waals surface area contributed by atoms with Crippen LogP contribution in [0.25, 0.3) is 0 Å². The summed E-state index contributed by atoms with van der Waals surface area (Å²) in [6.45, 7) is 4.11. The average molecular weight is 236 g/mol. The van der Waals surface area contributed by atoms with E-state index in [2.05, 4.69) is 19.1 Å². The smallest absolute Gasteiger partial charge is 0.314 e. The van der Waals surface area contributed by atoms with Gasteiger partial charge in [-0.05, 0) is 55.7 Å². The molecule has 16 heavy (non-hydrogen) atoms. The Hall–Kier alpha value is -0.960. The van der Waals surface area contributed by atoms with E-state index in [1.165, 1.54) is 11.1 Å². The van der Waals surface area contributed by atoms with E-state index in [0.717, 1.165) is 23.3 Å². The van der Waals surface area contributed by atoms with Gasteiger partial charge in [0, 0.05) is 4.90 Å². The number of aliphatic carboxylic acids is 1. The second-order valence-electron chi connectivity index (χ2n) is 4.52. The number of hydrogen-bond acceptors (Lipinski definition) is 2. The van der Waals surface area contributed by atoms with E-state index in [9.17, 15) is 9.90 Å². The molecule has 0 unspecified atom stereocenters. The van der Waals surface area contributed by atoms with Gasteiger partial charge in [-0.2, -0.15) is 0 Å². The number of aryl methyl sites for hydroxylation is 2. The number of carboxylic acids is 1. The highest BCUT2D eigenvalue weighted by Crippen LogP contribution is 2.51. The molecule has 0 amide bonds. The van der Waals surface area contributed by atoms with Gasteiger partial charge in [0.05, 0.1) is 5.41 Å². The number of thioether (sulfide) groups is 1. The molecule has 1 aliphatic carbocycles. The summed E-state index contributed by atoms with van der Waals surface area (Å²) in [4.78, 5) is 12.5. The molecule has 2 rings (SSSR count). The highest BCUT2D eigenvalue weighted by atomic mass is 32.2. The number of carboxylic acid groups (broad SMARTS) is 1. The Kier molecular flexibility index (Phi) is 2.74. The van der Waals surface area contributed by atoms with Crippen LogP contribution in [-0.4, -0.2) is 17.3 Å². The maximum absolute atomic E-state index is 11.3. The SMILES string of the molecule is CSc1cc(C)c(C)cc1C1(C(=O)O)CC1. The summed E-state index contributed by atoms with van der Waals surface area (Å²) in [7, 11) is 0. The summed E-state index contributed by atoms with van der Waals surface area (Å²) in [5, 5.41) is 9.33. The molecular formula is C13H16O2S. The lowest BCUT2D eigenvalue weighted by molar-refractivity contribution is -0.140. The third-order valence-corrected chi connectivity index (χ3v) is 4.27. The molecule has 0 aliphatic heterocycles. The fraction of sp³-hybridized carbons (Fsp3) is 0.462. The predicted octanol–water partition coefficient (Wildman–Crippen LogP) is 3.14. The van der Waals surface area contributed by atoms with E-state index in [4.69, 9.17) is 0 Å². The highest BCUT2D eigenvalue weighted by Gasteiger charge is 2.52. The van der Waals surface area contributed by atoms with E-state index in [1.807, 2.05) is 13.2 Å². The summed E-state index contributed by atoms with van der Waals surface area (Å²) in [6, 6.07) is 4.17. The van der Waals surface area contributed by atoms with Crippen LogP contribution in [0.5, 0.6) is 0 Å². The Morgan fingerprint density at radius 2 is 1.88 bits per heavy atom. The number of carbonyl (C=O) groups is 1. The first kappa shape index (κ1) is 11.5. The van der Waals surface area contributed by atoms with Crippen molar-refractivity contribution in [3.05, 3.63) is 28.8 Å².